The highest BCUT2D eigenvalue weighted by atomic mass is 16.5. The van der Waals surface area contributed by atoms with E-state index >= 15 is 0 Å². The first-order valence-corrected chi connectivity index (χ1v) is 8.22. The number of allylic oxidation sites excluding steroid dienone is 1. The summed E-state index contributed by atoms with van der Waals surface area (Å²) in [6.07, 6.45) is 9.96. The quantitative estimate of drug-likeness (QED) is 0.791. The molecule has 0 unspecified atom stereocenters. The van der Waals surface area contributed by atoms with Gasteiger partial charge < -0.3 is 10.1 Å². The van der Waals surface area contributed by atoms with Crippen LogP contribution in [0, 0.1) is 0 Å². The van der Waals surface area contributed by atoms with Crippen molar-refractivity contribution in [2.75, 3.05) is 6.54 Å². The first-order valence-electron chi connectivity index (χ1n) is 8.22. The Morgan fingerprint density at radius 3 is 2.88 bits per heavy atom. The SMILES string of the molecule is O=C(NCCC=Cc1cccc2c1CC=C2)OCc1ccccc1. The molecule has 0 aromatic heterocycles. The van der Waals surface area contributed by atoms with Crippen molar-refractivity contribution in [2.45, 2.75) is 19.4 Å². The summed E-state index contributed by atoms with van der Waals surface area (Å²) in [4.78, 5) is 11.6. The average Bonchev–Trinajstić information content (AvgIpc) is 3.10. The minimum atomic E-state index is -0.378. The Bertz CT molecular complexity index is 748. The molecule has 3 nitrogen and oxygen atoms in total. The van der Waals surface area contributed by atoms with Gasteiger partial charge in [-0.05, 0) is 35.1 Å². The van der Waals surface area contributed by atoms with E-state index in [0.717, 1.165) is 18.4 Å². The van der Waals surface area contributed by atoms with Gasteiger partial charge in [0.1, 0.15) is 6.61 Å². The van der Waals surface area contributed by atoms with Gasteiger partial charge in [-0.1, -0.05) is 72.8 Å². The Morgan fingerprint density at radius 2 is 2.00 bits per heavy atom. The maximum atomic E-state index is 11.6. The molecule has 0 saturated carbocycles. The lowest BCUT2D eigenvalue weighted by molar-refractivity contribution is 0.140. The summed E-state index contributed by atoms with van der Waals surface area (Å²) in [5.41, 5.74) is 4.92. The number of alkyl carbamates (subject to hydrolysis) is 1. The lowest BCUT2D eigenvalue weighted by Crippen LogP contribution is -2.24. The molecule has 0 heterocycles. The summed E-state index contributed by atoms with van der Waals surface area (Å²) >= 11 is 0. The molecule has 0 fully saturated rings. The van der Waals surface area contributed by atoms with Gasteiger partial charge in [-0.25, -0.2) is 4.79 Å². The summed E-state index contributed by atoms with van der Waals surface area (Å²) in [6.45, 7) is 0.864. The molecule has 1 amide bonds. The van der Waals surface area contributed by atoms with Crippen LogP contribution in [0.15, 0.2) is 60.7 Å². The predicted octanol–water partition coefficient (Wildman–Crippen LogP) is 4.59. The monoisotopic (exact) mass is 319 g/mol. The van der Waals surface area contributed by atoms with Crippen LogP contribution in [0.4, 0.5) is 4.79 Å². The van der Waals surface area contributed by atoms with Crippen LogP contribution < -0.4 is 5.32 Å². The van der Waals surface area contributed by atoms with Crippen molar-refractivity contribution in [3.63, 3.8) is 0 Å². The van der Waals surface area contributed by atoms with Crippen LogP contribution in [0.2, 0.25) is 0 Å². The maximum Gasteiger partial charge on any atom is 0.407 e. The van der Waals surface area contributed by atoms with E-state index in [1.807, 2.05) is 30.3 Å². The third kappa shape index (κ3) is 4.35. The number of fused-ring (bicyclic) bond motifs is 1. The Morgan fingerprint density at radius 1 is 1.12 bits per heavy atom. The second-order valence-electron chi connectivity index (χ2n) is 5.70. The van der Waals surface area contributed by atoms with Crippen molar-refractivity contribution in [3.8, 4) is 0 Å². The summed E-state index contributed by atoms with van der Waals surface area (Å²) in [5.74, 6) is 0. The number of carbonyl (C=O) groups is 1. The number of nitrogens with one attached hydrogen (secondary N) is 1. The van der Waals surface area contributed by atoms with Crippen molar-refractivity contribution in [3.05, 3.63) is 82.9 Å². The summed E-state index contributed by atoms with van der Waals surface area (Å²) in [5, 5.41) is 2.77. The minimum Gasteiger partial charge on any atom is -0.445 e. The molecule has 1 aliphatic rings. The standard InChI is InChI=1S/C21H21NO2/c23-21(24-16-17-8-2-1-3-9-17)22-15-5-4-10-18-11-6-12-19-13-7-14-20(18)19/h1-4,6-13H,5,14-16H2,(H,22,23). The number of amides is 1. The van der Waals surface area contributed by atoms with E-state index in [4.69, 9.17) is 4.74 Å². The van der Waals surface area contributed by atoms with Gasteiger partial charge in [-0.3, -0.25) is 0 Å². The molecule has 1 aliphatic carbocycles. The van der Waals surface area contributed by atoms with E-state index in [1.54, 1.807) is 0 Å². The van der Waals surface area contributed by atoms with Gasteiger partial charge in [-0.15, -0.1) is 0 Å². The second kappa shape index (κ2) is 8.16. The molecule has 2 aromatic carbocycles. The van der Waals surface area contributed by atoms with E-state index in [0.29, 0.717) is 13.2 Å². The normalized spacial score (nSPS) is 12.3. The van der Waals surface area contributed by atoms with Gasteiger partial charge in [0.25, 0.3) is 0 Å². The molecular formula is C21H21NO2. The predicted molar refractivity (Wildman–Crippen MR) is 97.5 cm³/mol. The van der Waals surface area contributed by atoms with Gasteiger partial charge in [0.05, 0.1) is 0 Å². The first kappa shape index (κ1) is 16.1. The van der Waals surface area contributed by atoms with Gasteiger partial charge >= 0.3 is 6.09 Å². The van der Waals surface area contributed by atoms with Gasteiger partial charge in [0.15, 0.2) is 0 Å². The Hall–Kier alpha value is -2.81. The number of ether oxygens (including phenoxy) is 1. The highest BCUT2D eigenvalue weighted by Crippen LogP contribution is 2.24. The molecule has 1 N–H and O–H groups in total. The maximum absolute atomic E-state index is 11.6. The molecule has 0 saturated heterocycles. The van der Waals surface area contributed by atoms with E-state index in [-0.39, 0.29) is 6.09 Å². The van der Waals surface area contributed by atoms with Gasteiger partial charge in [0.2, 0.25) is 0 Å². The zero-order chi connectivity index (χ0) is 16.6. The third-order valence-electron chi connectivity index (χ3n) is 3.96. The van der Waals surface area contributed by atoms with E-state index in [1.165, 1.54) is 16.7 Å². The molecule has 0 radical (unpaired) electrons. The van der Waals surface area contributed by atoms with Crippen molar-refractivity contribution < 1.29 is 9.53 Å². The van der Waals surface area contributed by atoms with Crippen LogP contribution in [0.5, 0.6) is 0 Å². The fraction of sp³-hybridized carbons (Fsp3) is 0.190. The first-order chi connectivity index (χ1) is 11.8. The van der Waals surface area contributed by atoms with Gasteiger partial charge in [-0.2, -0.15) is 0 Å². The molecule has 24 heavy (non-hydrogen) atoms. The van der Waals surface area contributed by atoms with Crippen molar-refractivity contribution >= 4 is 18.2 Å². The zero-order valence-corrected chi connectivity index (χ0v) is 13.6. The zero-order valence-electron chi connectivity index (χ0n) is 13.6. The van der Waals surface area contributed by atoms with Gasteiger partial charge in [0, 0.05) is 6.54 Å². The van der Waals surface area contributed by atoms with Crippen molar-refractivity contribution in [2.24, 2.45) is 0 Å². The topological polar surface area (TPSA) is 38.3 Å². The fourth-order valence-electron chi connectivity index (χ4n) is 2.72. The summed E-state index contributed by atoms with van der Waals surface area (Å²) in [7, 11) is 0. The van der Waals surface area contributed by atoms with E-state index in [2.05, 4.69) is 47.8 Å². The highest BCUT2D eigenvalue weighted by Gasteiger charge is 2.07. The minimum absolute atomic E-state index is 0.297. The third-order valence-corrected chi connectivity index (χ3v) is 3.96. The molecule has 3 heteroatoms. The van der Waals surface area contributed by atoms with E-state index in [9.17, 15) is 4.79 Å². The van der Waals surface area contributed by atoms with Crippen LogP contribution in [-0.2, 0) is 17.8 Å². The smallest absolute Gasteiger partial charge is 0.407 e. The molecule has 3 rings (SSSR count). The molecule has 0 spiro atoms. The summed E-state index contributed by atoms with van der Waals surface area (Å²) in [6, 6.07) is 16.0. The number of rotatable bonds is 6. The number of hydrogen-bond donors (Lipinski definition) is 1. The summed E-state index contributed by atoms with van der Waals surface area (Å²) < 4.78 is 5.17. The Labute approximate surface area is 142 Å². The molecule has 2 aromatic rings. The van der Waals surface area contributed by atoms with Crippen LogP contribution in [-0.4, -0.2) is 12.6 Å². The highest BCUT2D eigenvalue weighted by molar-refractivity contribution is 5.68. The molecule has 0 atom stereocenters. The Kier molecular flexibility index (Phi) is 5.46. The molecule has 0 bridgehead atoms. The van der Waals surface area contributed by atoms with Crippen LogP contribution in [0.3, 0.4) is 0 Å². The lowest BCUT2D eigenvalue weighted by atomic mass is 10.0. The largest absolute Gasteiger partial charge is 0.445 e. The fourth-order valence-corrected chi connectivity index (χ4v) is 2.72. The second-order valence-corrected chi connectivity index (χ2v) is 5.70. The molecular weight excluding hydrogens is 298 g/mol. The average molecular weight is 319 g/mol. The van der Waals surface area contributed by atoms with Crippen LogP contribution in [0.25, 0.3) is 12.2 Å². The van der Waals surface area contributed by atoms with Crippen molar-refractivity contribution in [1.82, 2.24) is 5.32 Å². The molecule has 122 valence electrons. The van der Waals surface area contributed by atoms with E-state index < -0.39 is 0 Å². The molecule has 0 aliphatic heterocycles. The number of carbonyl (C=O) groups excluding carboxylic acids is 1. The number of hydrogen-bond acceptors (Lipinski definition) is 2. The van der Waals surface area contributed by atoms with Crippen molar-refractivity contribution in [1.29, 1.82) is 0 Å². The Balaban J connectivity index is 1.38. The van der Waals surface area contributed by atoms with Crippen LogP contribution in [0.1, 0.15) is 28.7 Å². The van der Waals surface area contributed by atoms with Crippen LogP contribution >= 0.6 is 0 Å². The lowest BCUT2D eigenvalue weighted by Gasteiger charge is -2.06. The number of benzene rings is 2.